The van der Waals surface area contributed by atoms with Gasteiger partial charge in [0, 0.05) is 18.0 Å². The highest BCUT2D eigenvalue weighted by Gasteiger charge is 2.34. The molecule has 1 fully saturated rings. The molecule has 0 aliphatic carbocycles. The molecule has 0 bridgehead atoms. The maximum Gasteiger partial charge on any atom is 0.446 e. The Morgan fingerprint density at radius 1 is 1.18 bits per heavy atom. The van der Waals surface area contributed by atoms with Crippen LogP contribution in [0.15, 0.2) is 58.3 Å². The van der Waals surface area contributed by atoms with Gasteiger partial charge in [-0.1, -0.05) is 25.1 Å². The van der Waals surface area contributed by atoms with Gasteiger partial charge in [0.1, 0.15) is 11.9 Å². The number of hydrogen-bond donors (Lipinski definition) is 2. The molecule has 1 saturated heterocycles. The SMILES string of the molecule is CCC(C(=O)NO)c1ccccc1S(=O)(=O)N1CCC(Oc2ccc(SC(F)(F)F)cc2)CC1. The van der Waals surface area contributed by atoms with Crippen LogP contribution < -0.4 is 10.2 Å². The zero-order valence-corrected chi connectivity index (χ0v) is 19.9. The first-order valence-electron chi connectivity index (χ1n) is 10.6. The van der Waals surface area contributed by atoms with Gasteiger partial charge >= 0.3 is 5.51 Å². The number of halogens is 3. The van der Waals surface area contributed by atoms with Gasteiger partial charge in [-0.3, -0.25) is 10.0 Å². The quantitative estimate of drug-likeness (QED) is 0.303. The van der Waals surface area contributed by atoms with Crippen molar-refractivity contribution in [2.75, 3.05) is 13.1 Å². The molecule has 2 aromatic carbocycles. The molecular formula is C22H25F3N2O5S2. The third kappa shape index (κ3) is 6.44. The number of nitrogens with zero attached hydrogens (tertiary/aromatic N) is 1. The Kier molecular flexibility index (Phi) is 8.50. The summed E-state index contributed by atoms with van der Waals surface area (Å²) in [5, 5.41) is 9.03. The van der Waals surface area contributed by atoms with E-state index in [0.29, 0.717) is 30.6 Å². The number of alkyl halides is 3. The number of thioether (sulfide) groups is 1. The van der Waals surface area contributed by atoms with Crippen molar-refractivity contribution >= 4 is 27.7 Å². The highest BCUT2D eigenvalue weighted by atomic mass is 32.2. The summed E-state index contributed by atoms with van der Waals surface area (Å²) >= 11 is -0.204. The zero-order valence-electron chi connectivity index (χ0n) is 18.3. The fraction of sp³-hybridized carbons (Fsp3) is 0.409. The van der Waals surface area contributed by atoms with Crippen molar-refractivity contribution in [3.05, 3.63) is 54.1 Å². The highest BCUT2D eigenvalue weighted by Crippen LogP contribution is 2.37. The summed E-state index contributed by atoms with van der Waals surface area (Å²) in [7, 11) is -3.90. The zero-order chi connectivity index (χ0) is 24.9. The van der Waals surface area contributed by atoms with Gasteiger partial charge in [-0.25, -0.2) is 13.9 Å². The van der Waals surface area contributed by atoms with Crippen molar-refractivity contribution in [3.63, 3.8) is 0 Å². The fourth-order valence-electron chi connectivity index (χ4n) is 3.87. The van der Waals surface area contributed by atoms with E-state index < -0.39 is 27.4 Å². The maximum absolute atomic E-state index is 13.4. The molecule has 0 spiro atoms. The van der Waals surface area contributed by atoms with E-state index >= 15 is 0 Å². The smallest absolute Gasteiger partial charge is 0.446 e. The second-order valence-corrected chi connectivity index (χ2v) is 10.8. The lowest BCUT2D eigenvalue weighted by atomic mass is 9.96. The van der Waals surface area contributed by atoms with Gasteiger partial charge < -0.3 is 4.74 Å². The maximum atomic E-state index is 13.4. The number of rotatable bonds is 8. The van der Waals surface area contributed by atoms with E-state index in [9.17, 15) is 26.4 Å². The second-order valence-electron chi connectivity index (χ2n) is 7.72. The van der Waals surface area contributed by atoms with Gasteiger partial charge in [0.25, 0.3) is 5.91 Å². The lowest BCUT2D eigenvalue weighted by Gasteiger charge is -2.32. The van der Waals surface area contributed by atoms with Crippen LogP contribution >= 0.6 is 11.8 Å². The van der Waals surface area contributed by atoms with Gasteiger partial charge in [-0.15, -0.1) is 0 Å². The van der Waals surface area contributed by atoms with E-state index in [1.54, 1.807) is 30.6 Å². The second kappa shape index (κ2) is 11.0. The van der Waals surface area contributed by atoms with Crippen molar-refractivity contribution in [1.29, 1.82) is 0 Å². The predicted octanol–water partition coefficient (Wildman–Crippen LogP) is 4.53. The van der Waals surface area contributed by atoms with Crippen molar-refractivity contribution in [2.45, 2.75) is 53.5 Å². The van der Waals surface area contributed by atoms with Crippen LogP contribution in [0.3, 0.4) is 0 Å². The number of hydrogen-bond acceptors (Lipinski definition) is 6. The lowest BCUT2D eigenvalue weighted by molar-refractivity contribution is -0.130. The van der Waals surface area contributed by atoms with Crippen LogP contribution in [0.4, 0.5) is 13.2 Å². The minimum Gasteiger partial charge on any atom is -0.490 e. The molecule has 12 heteroatoms. The summed E-state index contributed by atoms with van der Waals surface area (Å²) in [5.74, 6) is -1.09. The molecule has 3 rings (SSSR count). The van der Waals surface area contributed by atoms with E-state index in [-0.39, 0.29) is 40.7 Å². The van der Waals surface area contributed by atoms with Crippen LogP contribution in [-0.2, 0) is 14.8 Å². The van der Waals surface area contributed by atoms with Crippen molar-refractivity contribution in [1.82, 2.24) is 9.79 Å². The molecule has 1 atom stereocenters. The minimum absolute atomic E-state index is 0.0163. The van der Waals surface area contributed by atoms with Gasteiger partial charge in [0.15, 0.2) is 0 Å². The Bertz CT molecular complexity index is 1090. The van der Waals surface area contributed by atoms with Gasteiger partial charge in [0.05, 0.1) is 10.8 Å². The summed E-state index contributed by atoms with van der Waals surface area (Å²) in [5.41, 5.74) is -2.46. The third-order valence-electron chi connectivity index (χ3n) is 5.51. The first kappa shape index (κ1) is 26.3. The monoisotopic (exact) mass is 518 g/mol. The molecule has 2 aromatic rings. The first-order chi connectivity index (χ1) is 16.0. The molecular weight excluding hydrogens is 493 g/mol. The summed E-state index contributed by atoms with van der Waals surface area (Å²) in [6.07, 6.45) is 0.810. The van der Waals surface area contributed by atoms with Crippen molar-refractivity contribution < 1.29 is 36.3 Å². The Morgan fingerprint density at radius 2 is 1.79 bits per heavy atom. The molecule has 1 heterocycles. The predicted molar refractivity (Wildman–Crippen MR) is 120 cm³/mol. The van der Waals surface area contributed by atoms with Crippen LogP contribution in [0.2, 0.25) is 0 Å². The van der Waals surface area contributed by atoms with Crippen LogP contribution in [0.5, 0.6) is 5.75 Å². The molecule has 0 saturated carbocycles. The molecule has 1 unspecified atom stereocenters. The first-order valence-corrected chi connectivity index (χ1v) is 12.9. The Hall–Kier alpha value is -2.28. The number of benzene rings is 2. The standard InChI is InChI=1S/C22H25F3N2O5S2/c1-2-18(21(28)26-29)19-5-3-4-6-20(19)34(30,31)27-13-11-16(12-14-27)32-15-7-9-17(10-8-15)33-22(23,24)25/h3-10,16,18,29H,2,11-14H2,1H3,(H,26,28). The number of carbonyl (C=O) groups excluding carboxylic acids is 1. The minimum atomic E-state index is -4.36. The van der Waals surface area contributed by atoms with Crippen molar-refractivity contribution in [3.8, 4) is 5.75 Å². The number of carbonyl (C=O) groups is 1. The van der Waals surface area contributed by atoms with Gasteiger partial charge in [-0.2, -0.15) is 17.5 Å². The van der Waals surface area contributed by atoms with Gasteiger partial charge in [0.2, 0.25) is 10.0 Å². The molecule has 186 valence electrons. The molecule has 7 nitrogen and oxygen atoms in total. The molecule has 0 aromatic heterocycles. The van der Waals surface area contributed by atoms with E-state index in [2.05, 4.69) is 0 Å². The third-order valence-corrected chi connectivity index (χ3v) is 8.22. The topological polar surface area (TPSA) is 95.9 Å². The van der Waals surface area contributed by atoms with Crippen LogP contribution in [0.25, 0.3) is 0 Å². The molecule has 2 N–H and O–H groups in total. The number of sulfonamides is 1. The largest absolute Gasteiger partial charge is 0.490 e. The molecule has 34 heavy (non-hydrogen) atoms. The number of hydroxylamine groups is 1. The lowest BCUT2D eigenvalue weighted by Crippen LogP contribution is -2.42. The summed E-state index contributed by atoms with van der Waals surface area (Å²) in [6, 6.07) is 11.8. The van der Waals surface area contributed by atoms with Crippen LogP contribution in [0.1, 0.15) is 37.7 Å². The Balaban J connectivity index is 1.67. The Morgan fingerprint density at radius 3 is 2.35 bits per heavy atom. The Labute approximate surface area is 200 Å². The van der Waals surface area contributed by atoms with E-state index in [4.69, 9.17) is 9.94 Å². The summed E-state index contributed by atoms with van der Waals surface area (Å²) in [4.78, 5) is 12.1. The number of amides is 1. The molecule has 1 aliphatic rings. The number of ether oxygens (including phenoxy) is 1. The normalized spacial score (nSPS) is 16.7. The summed E-state index contributed by atoms with van der Waals surface area (Å²) in [6.45, 7) is 2.10. The average Bonchev–Trinajstić information content (AvgIpc) is 2.80. The summed E-state index contributed by atoms with van der Waals surface area (Å²) < 4.78 is 71.3. The van der Waals surface area contributed by atoms with Crippen molar-refractivity contribution in [2.24, 2.45) is 0 Å². The van der Waals surface area contributed by atoms with Crippen LogP contribution in [-0.4, -0.2) is 48.5 Å². The van der Waals surface area contributed by atoms with Gasteiger partial charge in [-0.05, 0) is 66.9 Å². The highest BCUT2D eigenvalue weighted by molar-refractivity contribution is 8.00. The van der Waals surface area contributed by atoms with E-state index in [0.717, 1.165) is 0 Å². The number of nitrogens with one attached hydrogen (secondary N) is 1. The fourth-order valence-corrected chi connectivity index (χ4v) is 6.14. The number of piperidine rings is 1. The van der Waals surface area contributed by atoms with E-state index in [1.807, 2.05) is 0 Å². The van der Waals surface area contributed by atoms with Crippen LogP contribution in [0, 0.1) is 0 Å². The molecule has 0 radical (unpaired) electrons. The van der Waals surface area contributed by atoms with E-state index in [1.165, 1.54) is 34.6 Å². The average molecular weight is 519 g/mol. The molecule has 1 amide bonds. The molecule has 1 aliphatic heterocycles.